The zero-order valence-corrected chi connectivity index (χ0v) is 13.3. The van der Waals surface area contributed by atoms with Gasteiger partial charge >= 0.3 is 5.97 Å². The maximum absolute atomic E-state index is 12.0. The SMILES string of the molecule is COC(=O)c1ccc(NC(=O)C2CC2)c(Cl)c1N1CCCC1. The number of hydrogen-bond donors (Lipinski definition) is 1. The number of esters is 1. The molecular weight excluding hydrogens is 304 g/mol. The molecule has 22 heavy (non-hydrogen) atoms. The molecule has 0 aromatic heterocycles. The Morgan fingerprint density at radius 2 is 1.95 bits per heavy atom. The third-order valence-corrected chi connectivity index (χ3v) is 4.53. The quantitative estimate of drug-likeness (QED) is 0.865. The van der Waals surface area contributed by atoms with E-state index in [1.54, 1.807) is 12.1 Å². The van der Waals surface area contributed by atoms with Crippen LogP contribution in [-0.2, 0) is 9.53 Å². The second-order valence-electron chi connectivity index (χ2n) is 5.77. The van der Waals surface area contributed by atoms with E-state index in [0.717, 1.165) is 38.8 Å². The van der Waals surface area contributed by atoms with Gasteiger partial charge in [0.25, 0.3) is 0 Å². The van der Waals surface area contributed by atoms with Crippen LogP contribution in [0.25, 0.3) is 0 Å². The minimum Gasteiger partial charge on any atom is -0.465 e. The summed E-state index contributed by atoms with van der Waals surface area (Å²) in [4.78, 5) is 26.0. The number of nitrogens with one attached hydrogen (secondary N) is 1. The van der Waals surface area contributed by atoms with Gasteiger partial charge in [0.05, 0.1) is 29.1 Å². The van der Waals surface area contributed by atoms with Gasteiger partial charge in [0, 0.05) is 19.0 Å². The van der Waals surface area contributed by atoms with E-state index in [-0.39, 0.29) is 11.8 Å². The highest BCUT2D eigenvalue weighted by molar-refractivity contribution is 6.37. The Bertz CT molecular complexity index is 608. The molecule has 5 nitrogen and oxygen atoms in total. The first-order valence-electron chi connectivity index (χ1n) is 7.58. The lowest BCUT2D eigenvalue weighted by atomic mass is 10.1. The largest absolute Gasteiger partial charge is 0.465 e. The maximum Gasteiger partial charge on any atom is 0.340 e. The van der Waals surface area contributed by atoms with Gasteiger partial charge in [0.1, 0.15) is 0 Å². The molecule has 0 spiro atoms. The van der Waals surface area contributed by atoms with Gasteiger partial charge in [-0.2, -0.15) is 0 Å². The summed E-state index contributed by atoms with van der Waals surface area (Å²) in [6, 6.07) is 3.35. The van der Waals surface area contributed by atoms with Crippen molar-refractivity contribution in [1.29, 1.82) is 0 Å². The van der Waals surface area contributed by atoms with E-state index in [9.17, 15) is 9.59 Å². The first-order chi connectivity index (χ1) is 10.6. The number of methoxy groups -OCH3 is 1. The van der Waals surface area contributed by atoms with Crippen LogP contribution in [-0.4, -0.2) is 32.1 Å². The van der Waals surface area contributed by atoms with Gasteiger partial charge in [-0.05, 0) is 37.8 Å². The van der Waals surface area contributed by atoms with Crippen LogP contribution in [0, 0.1) is 5.92 Å². The summed E-state index contributed by atoms with van der Waals surface area (Å²) in [5.74, 6) is -0.310. The van der Waals surface area contributed by atoms with Crippen LogP contribution in [0.1, 0.15) is 36.0 Å². The molecule has 1 saturated heterocycles. The molecule has 1 amide bonds. The first-order valence-corrected chi connectivity index (χ1v) is 7.96. The van der Waals surface area contributed by atoms with E-state index in [1.165, 1.54) is 7.11 Å². The van der Waals surface area contributed by atoms with E-state index in [4.69, 9.17) is 16.3 Å². The van der Waals surface area contributed by atoms with Crippen molar-refractivity contribution in [3.8, 4) is 0 Å². The highest BCUT2D eigenvalue weighted by Crippen LogP contribution is 2.39. The molecule has 3 rings (SSSR count). The Morgan fingerprint density at radius 1 is 1.27 bits per heavy atom. The third-order valence-electron chi connectivity index (χ3n) is 4.15. The average Bonchev–Trinajstić information content (AvgIpc) is 3.24. The van der Waals surface area contributed by atoms with Gasteiger partial charge in [0.15, 0.2) is 0 Å². The van der Waals surface area contributed by atoms with Gasteiger partial charge in [-0.1, -0.05) is 11.6 Å². The number of amides is 1. The van der Waals surface area contributed by atoms with Crippen molar-refractivity contribution in [3.63, 3.8) is 0 Å². The van der Waals surface area contributed by atoms with Crippen molar-refractivity contribution >= 4 is 34.9 Å². The Hall–Kier alpha value is -1.75. The van der Waals surface area contributed by atoms with Crippen LogP contribution in [0.15, 0.2) is 12.1 Å². The van der Waals surface area contributed by atoms with Crippen LogP contribution in [0.2, 0.25) is 5.02 Å². The Morgan fingerprint density at radius 3 is 2.55 bits per heavy atom. The summed E-state index contributed by atoms with van der Waals surface area (Å²) in [5.41, 5.74) is 1.67. The number of hydrogen-bond acceptors (Lipinski definition) is 4. The van der Waals surface area contributed by atoms with Crippen LogP contribution in [0.5, 0.6) is 0 Å². The van der Waals surface area contributed by atoms with Gasteiger partial charge < -0.3 is 15.0 Å². The lowest BCUT2D eigenvalue weighted by molar-refractivity contribution is -0.117. The number of nitrogens with zero attached hydrogens (tertiary/aromatic N) is 1. The zero-order chi connectivity index (χ0) is 15.7. The van der Waals surface area contributed by atoms with Crippen molar-refractivity contribution < 1.29 is 14.3 Å². The maximum atomic E-state index is 12.0. The van der Waals surface area contributed by atoms with Crippen molar-refractivity contribution in [2.45, 2.75) is 25.7 Å². The molecule has 0 unspecified atom stereocenters. The monoisotopic (exact) mass is 322 g/mol. The smallest absolute Gasteiger partial charge is 0.340 e. The molecule has 1 N–H and O–H groups in total. The minimum absolute atomic E-state index is 0.0000833. The van der Waals surface area contributed by atoms with E-state index >= 15 is 0 Å². The average molecular weight is 323 g/mol. The minimum atomic E-state index is -0.413. The van der Waals surface area contributed by atoms with E-state index in [1.807, 2.05) is 0 Å². The normalized spacial score (nSPS) is 17.5. The lowest BCUT2D eigenvalue weighted by Gasteiger charge is -2.23. The molecule has 0 bridgehead atoms. The molecular formula is C16H19ClN2O3. The summed E-state index contributed by atoms with van der Waals surface area (Å²) >= 11 is 6.50. The van der Waals surface area contributed by atoms with Crippen molar-refractivity contribution in [1.82, 2.24) is 0 Å². The molecule has 1 saturated carbocycles. The fourth-order valence-corrected chi connectivity index (χ4v) is 3.10. The standard InChI is InChI=1S/C16H19ClN2O3/c1-22-16(21)11-6-7-12(18-15(20)10-4-5-10)13(17)14(11)19-8-2-3-9-19/h6-7,10H,2-5,8-9H2,1H3,(H,18,20). The predicted molar refractivity (Wildman–Crippen MR) is 85.6 cm³/mol. The summed E-state index contributed by atoms with van der Waals surface area (Å²) < 4.78 is 4.85. The number of benzene rings is 1. The molecule has 0 radical (unpaired) electrons. The fourth-order valence-electron chi connectivity index (χ4n) is 2.77. The van der Waals surface area contributed by atoms with Crippen molar-refractivity contribution in [2.24, 2.45) is 5.92 Å². The van der Waals surface area contributed by atoms with E-state index < -0.39 is 5.97 Å². The predicted octanol–water partition coefficient (Wildman–Crippen LogP) is 3.08. The molecule has 0 atom stereocenters. The Balaban J connectivity index is 1.96. The van der Waals surface area contributed by atoms with Crippen molar-refractivity contribution in [2.75, 3.05) is 30.4 Å². The summed E-state index contributed by atoms with van der Waals surface area (Å²) in [5, 5.41) is 3.29. The second-order valence-corrected chi connectivity index (χ2v) is 6.15. The highest BCUT2D eigenvalue weighted by atomic mass is 35.5. The highest BCUT2D eigenvalue weighted by Gasteiger charge is 2.31. The number of anilines is 2. The van der Waals surface area contributed by atoms with Gasteiger partial charge in [-0.3, -0.25) is 4.79 Å². The number of ether oxygens (including phenoxy) is 1. The second kappa shape index (κ2) is 6.16. The number of carbonyl (C=O) groups excluding carboxylic acids is 2. The van der Waals surface area contributed by atoms with Crippen LogP contribution < -0.4 is 10.2 Å². The molecule has 1 aromatic carbocycles. The van der Waals surface area contributed by atoms with Crippen molar-refractivity contribution in [3.05, 3.63) is 22.7 Å². The van der Waals surface area contributed by atoms with Crippen LogP contribution in [0.3, 0.4) is 0 Å². The first kappa shape index (κ1) is 15.2. The summed E-state index contributed by atoms with van der Waals surface area (Å²) in [6.07, 6.45) is 4.00. The van der Waals surface area contributed by atoms with Crippen LogP contribution in [0.4, 0.5) is 11.4 Å². The van der Waals surface area contributed by atoms with Gasteiger partial charge in [0.2, 0.25) is 5.91 Å². The Labute approximate surface area is 134 Å². The molecule has 2 aliphatic rings. The Kier molecular flexibility index (Phi) is 4.25. The summed E-state index contributed by atoms with van der Waals surface area (Å²) in [6.45, 7) is 1.70. The van der Waals surface area contributed by atoms with Gasteiger partial charge in [-0.25, -0.2) is 4.79 Å². The molecule has 1 aromatic rings. The number of halogens is 1. The van der Waals surface area contributed by atoms with E-state index in [2.05, 4.69) is 10.2 Å². The molecule has 118 valence electrons. The fraction of sp³-hybridized carbons (Fsp3) is 0.500. The number of rotatable bonds is 4. The number of carbonyl (C=O) groups is 2. The zero-order valence-electron chi connectivity index (χ0n) is 12.5. The summed E-state index contributed by atoms with van der Waals surface area (Å²) in [7, 11) is 1.35. The molecule has 1 aliphatic heterocycles. The van der Waals surface area contributed by atoms with E-state index in [0.29, 0.717) is 22.0 Å². The molecule has 1 heterocycles. The third kappa shape index (κ3) is 2.90. The molecule has 2 fully saturated rings. The van der Waals surface area contributed by atoms with Crippen LogP contribution >= 0.6 is 11.6 Å². The van der Waals surface area contributed by atoms with Gasteiger partial charge in [-0.15, -0.1) is 0 Å². The topological polar surface area (TPSA) is 58.6 Å². The lowest BCUT2D eigenvalue weighted by Crippen LogP contribution is -2.22. The molecule has 6 heteroatoms. The molecule has 1 aliphatic carbocycles.